The summed E-state index contributed by atoms with van der Waals surface area (Å²) in [5, 5.41) is 2.63. The number of nitrogens with zero attached hydrogens (tertiary/aromatic N) is 1. The normalized spacial score (nSPS) is 12.8. The second-order valence-electron chi connectivity index (χ2n) is 4.97. The molecule has 0 fully saturated rings. The number of fused-ring (bicyclic) bond motifs is 1. The number of H-pyrrole nitrogens is 1. The number of aromatic nitrogens is 2. The fourth-order valence-electron chi connectivity index (χ4n) is 2.28. The third kappa shape index (κ3) is 3.52. The van der Waals surface area contributed by atoms with E-state index in [1.807, 2.05) is 31.4 Å². The van der Waals surface area contributed by atoms with Crippen LogP contribution in [0.1, 0.15) is 24.9 Å². The van der Waals surface area contributed by atoms with Crippen LogP contribution in [0.15, 0.2) is 33.0 Å². The largest absolute Gasteiger partial charge is 0.464 e. The van der Waals surface area contributed by atoms with Gasteiger partial charge in [-0.25, -0.2) is 4.98 Å². The number of rotatable bonds is 7. The van der Waals surface area contributed by atoms with Crippen LogP contribution in [-0.4, -0.2) is 28.9 Å². The average molecular weight is 350 g/mol. The smallest absolute Gasteiger partial charge is 0.260 e. The molecule has 0 saturated heterocycles. The lowest BCUT2D eigenvalue weighted by atomic mass is 10.2. The highest BCUT2D eigenvalue weighted by Crippen LogP contribution is 2.32. The highest BCUT2D eigenvalue weighted by molar-refractivity contribution is 7.99. The summed E-state index contributed by atoms with van der Waals surface area (Å²) in [6, 6.07) is 3.66. The van der Waals surface area contributed by atoms with Gasteiger partial charge in [0.05, 0.1) is 23.5 Å². The Balaban J connectivity index is 1.86. The molecular formula is C16H18N2O3S2. The molecule has 0 bridgehead atoms. The van der Waals surface area contributed by atoms with Gasteiger partial charge in [-0.15, -0.1) is 23.1 Å². The first-order valence-corrected chi connectivity index (χ1v) is 9.38. The van der Waals surface area contributed by atoms with Gasteiger partial charge in [0.25, 0.3) is 5.56 Å². The van der Waals surface area contributed by atoms with Gasteiger partial charge >= 0.3 is 0 Å². The van der Waals surface area contributed by atoms with E-state index in [0.717, 1.165) is 22.8 Å². The highest BCUT2D eigenvalue weighted by atomic mass is 32.2. The Bertz CT molecular complexity index is 824. The molecule has 0 saturated carbocycles. The van der Waals surface area contributed by atoms with E-state index in [4.69, 9.17) is 9.15 Å². The van der Waals surface area contributed by atoms with Gasteiger partial charge in [-0.1, -0.05) is 0 Å². The third-order valence-electron chi connectivity index (χ3n) is 3.43. The maximum atomic E-state index is 12.5. The van der Waals surface area contributed by atoms with Gasteiger partial charge < -0.3 is 14.1 Å². The van der Waals surface area contributed by atoms with Gasteiger partial charge in [-0.05, 0) is 26.0 Å². The first-order valence-electron chi connectivity index (χ1n) is 7.45. The van der Waals surface area contributed by atoms with Crippen LogP contribution in [-0.2, 0) is 4.74 Å². The van der Waals surface area contributed by atoms with Gasteiger partial charge in [-0.3, -0.25) is 4.79 Å². The standard InChI is InChI=1S/C16H18N2O3S2/c1-3-20-7-8-22-10(2)14-17-15(19)13-11(9-23-16(13)18-14)12-5-4-6-21-12/h4-6,9-10H,3,7-8H2,1-2H3,(H,17,18,19). The summed E-state index contributed by atoms with van der Waals surface area (Å²) in [6.45, 7) is 5.45. The summed E-state index contributed by atoms with van der Waals surface area (Å²) in [4.78, 5) is 20.8. The Labute approximate surface area is 142 Å². The molecule has 0 amide bonds. The quantitative estimate of drug-likeness (QED) is 0.650. The van der Waals surface area contributed by atoms with Crippen LogP contribution < -0.4 is 5.56 Å². The van der Waals surface area contributed by atoms with E-state index < -0.39 is 0 Å². The van der Waals surface area contributed by atoms with Crippen molar-refractivity contribution in [2.45, 2.75) is 19.1 Å². The summed E-state index contributed by atoms with van der Waals surface area (Å²) >= 11 is 3.18. The molecule has 5 nitrogen and oxygen atoms in total. The van der Waals surface area contributed by atoms with Crippen LogP contribution in [0.25, 0.3) is 21.5 Å². The molecule has 3 aromatic rings. The molecule has 0 aliphatic carbocycles. The molecule has 0 radical (unpaired) electrons. The predicted molar refractivity (Wildman–Crippen MR) is 95.3 cm³/mol. The number of aromatic amines is 1. The van der Waals surface area contributed by atoms with Crippen LogP contribution >= 0.6 is 23.1 Å². The maximum absolute atomic E-state index is 12.5. The molecule has 23 heavy (non-hydrogen) atoms. The minimum atomic E-state index is -0.116. The van der Waals surface area contributed by atoms with Gasteiger partial charge in [-0.2, -0.15) is 0 Å². The van der Waals surface area contributed by atoms with Crippen LogP contribution in [0, 0.1) is 0 Å². The van der Waals surface area contributed by atoms with E-state index in [1.54, 1.807) is 18.0 Å². The van der Waals surface area contributed by atoms with E-state index in [1.165, 1.54) is 11.3 Å². The van der Waals surface area contributed by atoms with Gasteiger partial charge in [0.2, 0.25) is 0 Å². The van der Waals surface area contributed by atoms with E-state index in [2.05, 4.69) is 9.97 Å². The van der Waals surface area contributed by atoms with Gasteiger partial charge in [0.15, 0.2) is 0 Å². The predicted octanol–water partition coefficient (Wildman–Crippen LogP) is 4.08. The van der Waals surface area contributed by atoms with Crippen LogP contribution in [0.4, 0.5) is 0 Å². The van der Waals surface area contributed by atoms with Crippen molar-refractivity contribution in [1.82, 2.24) is 9.97 Å². The van der Waals surface area contributed by atoms with Crippen LogP contribution in [0.5, 0.6) is 0 Å². The molecule has 1 unspecified atom stereocenters. The lowest BCUT2D eigenvalue weighted by Crippen LogP contribution is -2.12. The lowest BCUT2D eigenvalue weighted by Gasteiger charge is -2.10. The monoisotopic (exact) mass is 350 g/mol. The van der Waals surface area contributed by atoms with Crippen molar-refractivity contribution in [2.24, 2.45) is 0 Å². The van der Waals surface area contributed by atoms with Gasteiger partial charge in [0, 0.05) is 23.3 Å². The van der Waals surface area contributed by atoms with E-state index >= 15 is 0 Å². The first-order chi connectivity index (χ1) is 11.2. The van der Waals surface area contributed by atoms with E-state index in [9.17, 15) is 4.79 Å². The van der Waals surface area contributed by atoms with Gasteiger partial charge in [0.1, 0.15) is 16.4 Å². The molecule has 0 aliphatic rings. The van der Waals surface area contributed by atoms with Crippen molar-refractivity contribution < 1.29 is 9.15 Å². The number of thioether (sulfide) groups is 1. The highest BCUT2D eigenvalue weighted by Gasteiger charge is 2.17. The molecule has 1 N–H and O–H groups in total. The van der Waals surface area contributed by atoms with Crippen molar-refractivity contribution in [3.05, 3.63) is 40.0 Å². The molecular weight excluding hydrogens is 332 g/mol. The van der Waals surface area contributed by atoms with Crippen molar-refractivity contribution in [2.75, 3.05) is 19.0 Å². The Morgan fingerprint density at radius 2 is 2.39 bits per heavy atom. The number of nitrogens with one attached hydrogen (secondary N) is 1. The van der Waals surface area contributed by atoms with Crippen LogP contribution in [0.3, 0.4) is 0 Å². The van der Waals surface area contributed by atoms with Crippen molar-refractivity contribution >= 4 is 33.3 Å². The summed E-state index contributed by atoms with van der Waals surface area (Å²) in [6.07, 6.45) is 1.60. The zero-order chi connectivity index (χ0) is 16.2. The number of ether oxygens (including phenoxy) is 1. The fraction of sp³-hybridized carbons (Fsp3) is 0.375. The summed E-state index contributed by atoms with van der Waals surface area (Å²) in [7, 11) is 0. The topological polar surface area (TPSA) is 68.1 Å². The van der Waals surface area contributed by atoms with E-state index in [-0.39, 0.29) is 10.8 Å². The van der Waals surface area contributed by atoms with E-state index in [0.29, 0.717) is 23.6 Å². The lowest BCUT2D eigenvalue weighted by molar-refractivity contribution is 0.164. The number of hydrogen-bond acceptors (Lipinski definition) is 6. The molecule has 0 aliphatic heterocycles. The van der Waals surface area contributed by atoms with Crippen molar-refractivity contribution in [1.29, 1.82) is 0 Å². The third-order valence-corrected chi connectivity index (χ3v) is 5.43. The Morgan fingerprint density at radius 3 is 3.13 bits per heavy atom. The molecule has 3 heterocycles. The number of thiophene rings is 1. The Morgan fingerprint density at radius 1 is 1.52 bits per heavy atom. The first kappa shape index (κ1) is 16.3. The zero-order valence-corrected chi connectivity index (χ0v) is 14.6. The molecule has 1 atom stereocenters. The summed E-state index contributed by atoms with van der Waals surface area (Å²) in [5.41, 5.74) is 0.682. The molecule has 0 aromatic carbocycles. The molecule has 122 valence electrons. The number of furan rings is 1. The summed E-state index contributed by atoms with van der Waals surface area (Å²) in [5.74, 6) is 2.27. The van der Waals surface area contributed by atoms with Crippen molar-refractivity contribution in [3.63, 3.8) is 0 Å². The molecule has 3 aromatic heterocycles. The number of hydrogen-bond donors (Lipinski definition) is 1. The molecule has 0 spiro atoms. The molecule has 7 heteroatoms. The van der Waals surface area contributed by atoms with Crippen LogP contribution in [0.2, 0.25) is 0 Å². The second kappa shape index (κ2) is 7.33. The second-order valence-corrected chi connectivity index (χ2v) is 7.27. The SMILES string of the molecule is CCOCCSC(C)c1nc2scc(-c3ccco3)c2c(=O)[nH]1. The maximum Gasteiger partial charge on any atom is 0.260 e. The Kier molecular flexibility index (Phi) is 5.20. The molecule has 3 rings (SSSR count). The fourth-order valence-corrected chi connectivity index (χ4v) is 4.05. The Hall–Kier alpha value is -1.57. The van der Waals surface area contributed by atoms with Crippen molar-refractivity contribution in [3.8, 4) is 11.3 Å². The zero-order valence-electron chi connectivity index (χ0n) is 13.0. The average Bonchev–Trinajstić information content (AvgIpc) is 3.19. The minimum absolute atomic E-state index is 0.113. The summed E-state index contributed by atoms with van der Waals surface area (Å²) < 4.78 is 10.7. The minimum Gasteiger partial charge on any atom is -0.464 e.